The smallest absolute Gasteiger partial charge is 0.335 e. The molecule has 9 atom stereocenters. The van der Waals surface area contributed by atoms with Crippen LogP contribution in [0.15, 0.2) is 0 Å². The highest BCUT2D eigenvalue weighted by Crippen LogP contribution is 2.24. The Kier molecular flexibility index (Phi) is 7.88. The fourth-order valence-corrected chi connectivity index (χ4v) is 2.16. The number of carbonyl (C=O) groups is 1. The lowest BCUT2D eigenvalue weighted by atomic mass is 9.98. The number of carboxylic acids is 1. The van der Waals surface area contributed by atoms with E-state index in [1.165, 1.54) is 0 Å². The summed E-state index contributed by atoms with van der Waals surface area (Å²) >= 11 is 0. The molecule has 1 fully saturated rings. The standard InChI is InChI=1S/C12H22O12/c13-1-3(15)10(7(18)8(19)11(21)22)24-12-9(20)6(17)5(16)4(2-14)23-12/h3-10,12-20H,1-2H2,(H,21,22)/t3?,4-,5-,6+,7-,8+,9-,10-,12+/m1/s1. The Morgan fingerprint density at radius 2 is 1.62 bits per heavy atom. The largest absolute Gasteiger partial charge is 0.479 e. The van der Waals surface area contributed by atoms with Crippen LogP contribution in [-0.2, 0) is 14.3 Å². The molecule has 9 N–H and O–H groups in total. The van der Waals surface area contributed by atoms with Gasteiger partial charge in [0.05, 0.1) is 13.2 Å². The number of carboxylic acid groups (broad SMARTS) is 1. The zero-order valence-electron chi connectivity index (χ0n) is 12.4. The molecule has 0 amide bonds. The lowest BCUT2D eigenvalue weighted by Crippen LogP contribution is -2.61. The van der Waals surface area contributed by atoms with Crippen molar-refractivity contribution in [2.75, 3.05) is 13.2 Å². The van der Waals surface area contributed by atoms with Gasteiger partial charge in [-0.25, -0.2) is 4.79 Å². The van der Waals surface area contributed by atoms with Gasteiger partial charge in [0, 0.05) is 0 Å². The SMILES string of the molecule is O=C(O)[C@@H](O)[C@@H](O)[C@H](O[C@@H]1O[C@H](CO)[C@@H](O)[C@H](O)[C@H]1O)C(O)CO. The molecule has 0 radical (unpaired) electrons. The fourth-order valence-electron chi connectivity index (χ4n) is 2.16. The van der Waals surface area contributed by atoms with E-state index in [4.69, 9.17) is 24.8 Å². The third kappa shape index (κ3) is 4.58. The van der Waals surface area contributed by atoms with E-state index < -0.39 is 74.3 Å². The molecule has 0 aliphatic carbocycles. The molecule has 1 saturated heterocycles. The van der Waals surface area contributed by atoms with E-state index in [9.17, 15) is 35.4 Å². The van der Waals surface area contributed by atoms with Gasteiger partial charge in [-0.3, -0.25) is 0 Å². The summed E-state index contributed by atoms with van der Waals surface area (Å²) in [4.78, 5) is 10.7. The molecule has 0 spiro atoms. The minimum absolute atomic E-state index is 0.766. The van der Waals surface area contributed by atoms with Crippen molar-refractivity contribution in [3.63, 3.8) is 0 Å². The van der Waals surface area contributed by atoms with E-state index >= 15 is 0 Å². The maximum atomic E-state index is 10.7. The van der Waals surface area contributed by atoms with Crippen LogP contribution in [0.4, 0.5) is 0 Å². The van der Waals surface area contributed by atoms with Crippen LogP contribution >= 0.6 is 0 Å². The van der Waals surface area contributed by atoms with Gasteiger partial charge in [0.1, 0.15) is 42.7 Å². The van der Waals surface area contributed by atoms with E-state index in [1.54, 1.807) is 0 Å². The summed E-state index contributed by atoms with van der Waals surface area (Å²) in [6, 6.07) is 0. The third-order valence-electron chi connectivity index (χ3n) is 3.62. The molecule has 1 unspecified atom stereocenters. The molecule has 1 aliphatic heterocycles. The van der Waals surface area contributed by atoms with E-state index in [0.717, 1.165) is 0 Å². The van der Waals surface area contributed by atoms with Gasteiger partial charge in [0.15, 0.2) is 12.4 Å². The lowest BCUT2D eigenvalue weighted by molar-refractivity contribution is -0.326. The highest BCUT2D eigenvalue weighted by Gasteiger charge is 2.47. The van der Waals surface area contributed by atoms with Crippen molar-refractivity contribution in [1.29, 1.82) is 0 Å². The molecule has 1 rings (SSSR count). The topological polar surface area (TPSA) is 218 Å². The Balaban J connectivity index is 2.94. The van der Waals surface area contributed by atoms with Crippen LogP contribution in [0.2, 0.25) is 0 Å². The fraction of sp³-hybridized carbons (Fsp3) is 0.917. The van der Waals surface area contributed by atoms with Crippen molar-refractivity contribution in [3.05, 3.63) is 0 Å². The van der Waals surface area contributed by atoms with Gasteiger partial charge in [0.25, 0.3) is 0 Å². The first-order valence-electron chi connectivity index (χ1n) is 6.99. The van der Waals surface area contributed by atoms with Crippen LogP contribution in [0, 0.1) is 0 Å². The van der Waals surface area contributed by atoms with Gasteiger partial charge in [-0.2, -0.15) is 0 Å². The molecule has 0 aromatic rings. The molecule has 12 nitrogen and oxygen atoms in total. The predicted molar refractivity (Wildman–Crippen MR) is 71.4 cm³/mol. The summed E-state index contributed by atoms with van der Waals surface area (Å²) in [5.41, 5.74) is 0. The number of aliphatic carboxylic acids is 1. The number of hydrogen-bond donors (Lipinski definition) is 9. The molecular weight excluding hydrogens is 336 g/mol. The first-order chi connectivity index (χ1) is 11.1. The number of aliphatic hydroxyl groups is 8. The number of hydrogen-bond acceptors (Lipinski definition) is 11. The van der Waals surface area contributed by atoms with Crippen LogP contribution < -0.4 is 0 Å². The Morgan fingerprint density at radius 3 is 2.08 bits per heavy atom. The van der Waals surface area contributed by atoms with Crippen molar-refractivity contribution < 1.29 is 60.2 Å². The van der Waals surface area contributed by atoms with Gasteiger partial charge in [0.2, 0.25) is 0 Å². The Bertz CT molecular complexity index is 403. The van der Waals surface area contributed by atoms with Crippen molar-refractivity contribution in [2.45, 2.75) is 55.1 Å². The zero-order valence-corrected chi connectivity index (χ0v) is 12.4. The van der Waals surface area contributed by atoms with Gasteiger partial charge >= 0.3 is 5.97 Å². The maximum absolute atomic E-state index is 10.7. The molecule has 142 valence electrons. The highest BCUT2D eigenvalue weighted by atomic mass is 16.7. The van der Waals surface area contributed by atoms with Crippen LogP contribution in [0.25, 0.3) is 0 Å². The van der Waals surface area contributed by atoms with Crippen LogP contribution in [0.1, 0.15) is 0 Å². The average Bonchev–Trinajstić information content (AvgIpc) is 2.57. The average molecular weight is 358 g/mol. The number of aliphatic hydroxyl groups excluding tert-OH is 8. The molecular formula is C12H22O12. The second-order valence-corrected chi connectivity index (χ2v) is 5.32. The van der Waals surface area contributed by atoms with Gasteiger partial charge < -0.3 is 55.4 Å². The molecule has 1 heterocycles. The minimum atomic E-state index is -2.39. The lowest BCUT2D eigenvalue weighted by Gasteiger charge is -2.42. The van der Waals surface area contributed by atoms with E-state index in [0.29, 0.717) is 0 Å². The third-order valence-corrected chi connectivity index (χ3v) is 3.62. The number of ether oxygens (including phenoxy) is 2. The van der Waals surface area contributed by atoms with Gasteiger partial charge in [-0.15, -0.1) is 0 Å². The first kappa shape index (κ1) is 21.1. The van der Waals surface area contributed by atoms with Crippen molar-refractivity contribution in [3.8, 4) is 0 Å². The number of rotatable bonds is 8. The Hall–Kier alpha value is -0.930. The molecule has 24 heavy (non-hydrogen) atoms. The summed E-state index contributed by atoms with van der Waals surface area (Å²) in [6.07, 6.45) is -16.9. The summed E-state index contributed by atoms with van der Waals surface area (Å²) in [5, 5.41) is 84.5. The highest BCUT2D eigenvalue weighted by molar-refractivity contribution is 5.72. The second kappa shape index (κ2) is 8.96. The van der Waals surface area contributed by atoms with Crippen LogP contribution in [0.5, 0.6) is 0 Å². The quantitative estimate of drug-likeness (QED) is 0.198. The second-order valence-electron chi connectivity index (χ2n) is 5.32. The van der Waals surface area contributed by atoms with Crippen molar-refractivity contribution in [2.24, 2.45) is 0 Å². The summed E-state index contributed by atoms with van der Waals surface area (Å²) in [6.45, 7) is -1.76. The summed E-state index contributed by atoms with van der Waals surface area (Å²) in [5.74, 6) is -1.84. The molecule has 0 aromatic carbocycles. The summed E-state index contributed by atoms with van der Waals surface area (Å²) < 4.78 is 9.98. The van der Waals surface area contributed by atoms with Gasteiger partial charge in [-0.05, 0) is 0 Å². The predicted octanol–water partition coefficient (Wildman–Crippen LogP) is -5.67. The van der Waals surface area contributed by atoms with Crippen LogP contribution in [0.3, 0.4) is 0 Å². The van der Waals surface area contributed by atoms with E-state index in [-0.39, 0.29) is 0 Å². The molecule has 0 saturated carbocycles. The zero-order chi connectivity index (χ0) is 18.6. The van der Waals surface area contributed by atoms with E-state index in [1.807, 2.05) is 0 Å². The molecule has 0 aromatic heterocycles. The van der Waals surface area contributed by atoms with Crippen molar-refractivity contribution >= 4 is 5.97 Å². The Morgan fingerprint density at radius 1 is 1.04 bits per heavy atom. The minimum Gasteiger partial charge on any atom is -0.479 e. The molecule has 1 aliphatic rings. The van der Waals surface area contributed by atoms with Crippen molar-refractivity contribution in [1.82, 2.24) is 0 Å². The maximum Gasteiger partial charge on any atom is 0.335 e. The molecule has 12 heteroatoms. The Labute approximate surface area is 135 Å². The van der Waals surface area contributed by atoms with Crippen LogP contribution in [-0.4, -0.2) is 120 Å². The first-order valence-corrected chi connectivity index (χ1v) is 6.99. The normalized spacial score (nSPS) is 35.9. The van der Waals surface area contributed by atoms with E-state index in [2.05, 4.69) is 0 Å². The molecule has 0 bridgehead atoms. The summed E-state index contributed by atoms with van der Waals surface area (Å²) in [7, 11) is 0. The van der Waals surface area contributed by atoms with Gasteiger partial charge in [-0.1, -0.05) is 0 Å². The monoisotopic (exact) mass is 358 g/mol.